The SMILES string of the molecule is CCC(C)CC(=O)N(C)Cc1ccc(SC)cc1. The predicted molar refractivity (Wildman–Crippen MR) is 78.8 cm³/mol. The van der Waals surface area contributed by atoms with Crippen LogP contribution >= 0.6 is 11.8 Å². The summed E-state index contributed by atoms with van der Waals surface area (Å²) in [5.41, 5.74) is 1.19. The molecule has 1 rings (SSSR count). The van der Waals surface area contributed by atoms with Crippen LogP contribution in [0, 0.1) is 5.92 Å². The zero-order chi connectivity index (χ0) is 13.5. The zero-order valence-corrected chi connectivity index (χ0v) is 12.6. The largest absolute Gasteiger partial charge is 0.341 e. The van der Waals surface area contributed by atoms with E-state index in [1.165, 1.54) is 10.5 Å². The molecule has 1 atom stereocenters. The van der Waals surface area contributed by atoms with Gasteiger partial charge in [0.2, 0.25) is 5.91 Å². The van der Waals surface area contributed by atoms with Crippen LogP contribution in [-0.4, -0.2) is 24.1 Å². The average molecular weight is 265 g/mol. The van der Waals surface area contributed by atoms with E-state index in [4.69, 9.17) is 0 Å². The number of rotatable bonds is 6. The second kappa shape index (κ2) is 7.47. The maximum Gasteiger partial charge on any atom is 0.222 e. The van der Waals surface area contributed by atoms with Gasteiger partial charge >= 0.3 is 0 Å². The van der Waals surface area contributed by atoms with Gasteiger partial charge in [-0.3, -0.25) is 4.79 Å². The third kappa shape index (κ3) is 4.73. The lowest BCUT2D eigenvalue weighted by Gasteiger charge is -2.19. The van der Waals surface area contributed by atoms with Gasteiger partial charge < -0.3 is 4.90 Å². The summed E-state index contributed by atoms with van der Waals surface area (Å²) in [4.78, 5) is 15.0. The first-order valence-electron chi connectivity index (χ1n) is 6.43. The van der Waals surface area contributed by atoms with Gasteiger partial charge in [-0.1, -0.05) is 32.4 Å². The molecule has 0 aliphatic rings. The fraction of sp³-hybridized carbons (Fsp3) is 0.533. The van der Waals surface area contributed by atoms with Crippen molar-refractivity contribution in [3.63, 3.8) is 0 Å². The van der Waals surface area contributed by atoms with Gasteiger partial charge in [-0.25, -0.2) is 0 Å². The number of nitrogens with zero attached hydrogens (tertiary/aromatic N) is 1. The maximum atomic E-state index is 12.0. The molecule has 2 nitrogen and oxygen atoms in total. The lowest BCUT2D eigenvalue weighted by Crippen LogP contribution is -2.27. The van der Waals surface area contributed by atoms with Crippen molar-refractivity contribution < 1.29 is 4.79 Å². The van der Waals surface area contributed by atoms with E-state index in [1.807, 2.05) is 11.9 Å². The third-order valence-corrected chi connectivity index (χ3v) is 3.97. The molecule has 3 heteroatoms. The van der Waals surface area contributed by atoms with Crippen molar-refractivity contribution in [2.45, 2.75) is 38.1 Å². The minimum absolute atomic E-state index is 0.235. The van der Waals surface area contributed by atoms with Crippen LogP contribution in [0.4, 0.5) is 0 Å². The first-order valence-corrected chi connectivity index (χ1v) is 7.66. The molecule has 1 aromatic rings. The fourth-order valence-electron chi connectivity index (χ4n) is 1.69. The van der Waals surface area contributed by atoms with E-state index in [1.54, 1.807) is 11.8 Å². The Morgan fingerprint density at radius 1 is 1.33 bits per heavy atom. The van der Waals surface area contributed by atoms with E-state index < -0.39 is 0 Å². The Balaban J connectivity index is 2.52. The molecule has 18 heavy (non-hydrogen) atoms. The van der Waals surface area contributed by atoms with E-state index in [-0.39, 0.29) is 5.91 Å². The molecule has 1 amide bonds. The summed E-state index contributed by atoms with van der Waals surface area (Å²) >= 11 is 1.73. The van der Waals surface area contributed by atoms with Crippen LogP contribution < -0.4 is 0 Å². The summed E-state index contributed by atoms with van der Waals surface area (Å²) in [6.45, 7) is 4.95. The number of benzene rings is 1. The minimum atomic E-state index is 0.235. The van der Waals surface area contributed by atoms with Gasteiger partial charge in [-0.2, -0.15) is 0 Å². The van der Waals surface area contributed by atoms with E-state index in [2.05, 4.69) is 44.4 Å². The molecule has 0 saturated heterocycles. The first-order chi connectivity index (χ1) is 8.56. The molecule has 0 aromatic heterocycles. The highest BCUT2D eigenvalue weighted by molar-refractivity contribution is 7.98. The van der Waals surface area contributed by atoms with E-state index in [0.717, 1.165) is 6.42 Å². The molecular weight excluding hydrogens is 242 g/mol. The van der Waals surface area contributed by atoms with Gasteiger partial charge in [0.15, 0.2) is 0 Å². The molecule has 0 N–H and O–H groups in total. The van der Waals surface area contributed by atoms with Crippen LogP contribution in [0.2, 0.25) is 0 Å². The normalized spacial score (nSPS) is 12.2. The van der Waals surface area contributed by atoms with Crippen molar-refractivity contribution in [3.05, 3.63) is 29.8 Å². The van der Waals surface area contributed by atoms with E-state index in [0.29, 0.717) is 18.9 Å². The highest BCUT2D eigenvalue weighted by Crippen LogP contribution is 2.16. The number of carbonyl (C=O) groups excluding carboxylic acids is 1. The Kier molecular flexibility index (Phi) is 6.27. The highest BCUT2D eigenvalue weighted by atomic mass is 32.2. The van der Waals surface area contributed by atoms with Crippen LogP contribution in [0.3, 0.4) is 0 Å². The van der Waals surface area contributed by atoms with Crippen molar-refractivity contribution in [3.8, 4) is 0 Å². The Hall–Kier alpha value is -0.960. The lowest BCUT2D eigenvalue weighted by molar-refractivity contribution is -0.131. The molecule has 0 heterocycles. The van der Waals surface area contributed by atoms with E-state index in [9.17, 15) is 4.79 Å². The van der Waals surface area contributed by atoms with Crippen LogP contribution in [0.5, 0.6) is 0 Å². The highest BCUT2D eigenvalue weighted by Gasteiger charge is 2.12. The molecule has 0 bridgehead atoms. The molecule has 100 valence electrons. The zero-order valence-electron chi connectivity index (χ0n) is 11.8. The predicted octanol–water partition coefficient (Wildman–Crippen LogP) is 3.80. The number of amides is 1. The van der Waals surface area contributed by atoms with E-state index >= 15 is 0 Å². The molecule has 0 fully saturated rings. The number of thioether (sulfide) groups is 1. The van der Waals surface area contributed by atoms with Crippen LogP contribution in [0.25, 0.3) is 0 Å². The van der Waals surface area contributed by atoms with Crippen molar-refractivity contribution in [1.29, 1.82) is 0 Å². The second-order valence-electron chi connectivity index (χ2n) is 4.82. The molecule has 0 aliphatic heterocycles. The summed E-state index contributed by atoms with van der Waals surface area (Å²) in [6.07, 6.45) is 3.77. The standard InChI is InChI=1S/C15H23NOS/c1-5-12(2)10-15(17)16(3)11-13-6-8-14(18-4)9-7-13/h6-9,12H,5,10-11H2,1-4H3. The molecule has 0 saturated carbocycles. The molecule has 0 aliphatic carbocycles. The molecule has 0 spiro atoms. The monoisotopic (exact) mass is 265 g/mol. The van der Waals surface area contributed by atoms with Crippen molar-refractivity contribution >= 4 is 17.7 Å². The number of carbonyl (C=O) groups is 1. The van der Waals surface area contributed by atoms with Crippen molar-refractivity contribution in [1.82, 2.24) is 4.90 Å². The fourth-order valence-corrected chi connectivity index (χ4v) is 2.10. The molecule has 1 unspecified atom stereocenters. The third-order valence-electron chi connectivity index (χ3n) is 3.22. The smallest absolute Gasteiger partial charge is 0.222 e. The molecule has 0 radical (unpaired) electrons. The average Bonchev–Trinajstić information content (AvgIpc) is 2.39. The van der Waals surface area contributed by atoms with Gasteiger partial charge in [-0.15, -0.1) is 11.8 Å². The Morgan fingerprint density at radius 2 is 1.94 bits per heavy atom. The van der Waals surface area contributed by atoms with Gasteiger partial charge in [-0.05, 0) is 29.9 Å². The van der Waals surface area contributed by atoms with Crippen LogP contribution in [0.15, 0.2) is 29.2 Å². The van der Waals surface area contributed by atoms with Gasteiger partial charge in [0.05, 0.1) is 0 Å². The summed E-state index contributed by atoms with van der Waals surface area (Å²) in [5, 5.41) is 0. The minimum Gasteiger partial charge on any atom is -0.341 e. The Morgan fingerprint density at radius 3 is 2.44 bits per heavy atom. The topological polar surface area (TPSA) is 20.3 Å². The lowest BCUT2D eigenvalue weighted by atomic mass is 10.0. The van der Waals surface area contributed by atoms with Crippen LogP contribution in [0.1, 0.15) is 32.3 Å². The van der Waals surface area contributed by atoms with Crippen molar-refractivity contribution in [2.75, 3.05) is 13.3 Å². The molecular formula is C15H23NOS. The summed E-state index contributed by atoms with van der Waals surface area (Å²) in [7, 11) is 1.88. The Labute approximate surface area is 115 Å². The first kappa shape index (κ1) is 15.1. The van der Waals surface area contributed by atoms with Crippen molar-refractivity contribution in [2.24, 2.45) is 5.92 Å². The maximum absolute atomic E-state index is 12.0. The number of hydrogen-bond acceptors (Lipinski definition) is 2. The van der Waals surface area contributed by atoms with Crippen LogP contribution in [-0.2, 0) is 11.3 Å². The summed E-state index contributed by atoms with van der Waals surface area (Å²) < 4.78 is 0. The van der Waals surface area contributed by atoms with Gasteiger partial charge in [0.1, 0.15) is 0 Å². The van der Waals surface area contributed by atoms with Gasteiger partial charge in [0, 0.05) is 24.9 Å². The summed E-state index contributed by atoms with van der Waals surface area (Å²) in [5.74, 6) is 0.706. The number of hydrogen-bond donors (Lipinski definition) is 0. The quantitative estimate of drug-likeness (QED) is 0.729. The molecule has 1 aromatic carbocycles. The summed E-state index contributed by atoms with van der Waals surface area (Å²) in [6, 6.07) is 8.40. The Bertz CT molecular complexity index is 375. The second-order valence-corrected chi connectivity index (χ2v) is 5.70. The van der Waals surface area contributed by atoms with Gasteiger partial charge in [0.25, 0.3) is 0 Å².